The molecular formula is C21H22N4O4. The van der Waals surface area contributed by atoms with Gasteiger partial charge in [-0.2, -0.15) is 5.10 Å². The summed E-state index contributed by atoms with van der Waals surface area (Å²) < 4.78 is 6.24. The Morgan fingerprint density at radius 2 is 2.03 bits per heavy atom. The van der Waals surface area contributed by atoms with Gasteiger partial charge in [-0.15, -0.1) is 0 Å². The molecule has 8 nitrogen and oxygen atoms in total. The highest BCUT2D eigenvalue weighted by atomic mass is 16.5. The number of nitrogens with zero attached hydrogens (tertiary/aromatic N) is 3. The molecule has 3 aliphatic heterocycles. The molecule has 3 saturated heterocycles. The van der Waals surface area contributed by atoms with Crippen LogP contribution in [-0.4, -0.2) is 56.7 Å². The first kappa shape index (κ1) is 18.1. The highest BCUT2D eigenvalue weighted by Crippen LogP contribution is 2.51. The van der Waals surface area contributed by atoms with Gasteiger partial charge in [0.05, 0.1) is 30.8 Å². The molecule has 4 heterocycles. The van der Waals surface area contributed by atoms with Gasteiger partial charge in [0.25, 0.3) is 5.56 Å². The summed E-state index contributed by atoms with van der Waals surface area (Å²) in [5, 5.41) is 6.34. The van der Waals surface area contributed by atoms with Crippen LogP contribution in [0.25, 0.3) is 0 Å². The molecule has 1 N–H and O–H groups in total. The number of likely N-dealkylation sites (tertiary alicyclic amines) is 1. The molecule has 0 bridgehead atoms. The van der Waals surface area contributed by atoms with E-state index >= 15 is 0 Å². The summed E-state index contributed by atoms with van der Waals surface area (Å²) >= 11 is 0. The summed E-state index contributed by atoms with van der Waals surface area (Å²) in [4.78, 5) is 40.6. The molecule has 0 radical (unpaired) electrons. The maximum atomic E-state index is 12.9. The van der Waals surface area contributed by atoms with Crippen LogP contribution in [0.5, 0.6) is 0 Å². The van der Waals surface area contributed by atoms with E-state index < -0.39 is 5.72 Å². The number of aryl methyl sites for hydroxylation is 1. The molecule has 0 saturated carbocycles. The second-order valence-electron chi connectivity index (χ2n) is 7.82. The lowest BCUT2D eigenvalue weighted by molar-refractivity contribution is -0.141. The third kappa shape index (κ3) is 2.86. The minimum Gasteiger partial charge on any atom is -0.351 e. The van der Waals surface area contributed by atoms with Crippen molar-refractivity contribution in [1.29, 1.82) is 0 Å². The van der Waals surface area contributed by atoms with Gasteiger partial charge in [-0.1, -0.05) is 30.3 Å². The molecule has 1 aromatic carbocycles. The predicted molar refractivity (Wildman–Crippen MR) is 103 cm³/mol. The van der Waals surface area contributed by atoms with Crippen molar-refractivity contribution in [1.82, 2.24) is 20.0 Å². The molecule has 3 aliphatic rings. The number of benzene rings is 1. The maximum absolute atomic E-state index is 12.9. The maximum Gasteiger partial charge on any atom is 0.264 e. The van der Waals surface area contributed by atoms with Crippen LogP contribution in [0.1, 0.15) is 36.6 Å². The fourth-order valence-electron chi connectivity index (χ4n) is 4.96. The van der Waals surface area contributed by atoms with Crippen LogP contribution in [0, 0.1) is 0 Å². The van der Waals surface area contributed by atoms with E-state index in [9.17, 15) is 14.4 Å². The van der Waals surface area contributed by atoms with Gasteiger partial charge in [-0.3, -0.25) is 14.4 Å². The van der Waals surface area contributed by atoms with Crippen LogP contribution in [-0.2, 0) is 20.7 Å². The fraction of sp³-hybridized carbons (Fsp3) is 0.429. The second kappa shape index (κ2) is 6.81. The number of amides is 2. The monoisotopic (exact) mass is 394 g/mol. The van der Waals surface area contributed by atoms with Gasteiger partial charge in [0, 0.05) is 31.9 Å². The van der Waals surface area contributed by atoms with Crippen molar-refractivity contribution in [2.24, 2.45) is 0 Å². The fourth-order valence-corrected chi connectivity index (χ4v) is 4.96. The van der Waals surface area contributed by atoms with E-state index in [0.29, 0.717) is 38.1 Å². The molecule has 2 aromatic rings. The third-order valence-electron chi connectivity index (χ3n) is 6.29. The molecule has 0 unspecified atom stereocenters. The molecule has 2 amide bonds. The smallest absolute Gasteiger partial charge is 0.264 e. The van der Waals surface area contributed by atoms with Crippen molar-refractivity contribution in [2.75, 3.05) is 13.2 Å². The van der Waals surface area contributed by atoms with E-state index in [0.717, 1.165) is 5.56 Å². The number of H-pyrrole nitrogens is 1. The van der Waals surface area contributed by atoms with Gasteiger partial charge in [0.15, 0.2) is 5.72 Å². The van der Waals surface area contributed by atoms with Crippen molar-refractivity contribution in [3.8, 4) is 0 Å². The van der Waals surface area contributed by atoms with Gasteiger partial charge in [-0.05, 0) is 11.6 Å². The first-order valence-electron chi connectivity index (χ1n) is 9.94. The Balaban J connectivity index is 1.32. The zero-order valence-electron chi connectivity index (χ0n) is 15.9. The van der Waals surface area contributed by atoms with Crippen molar-refractivity contribution in [2.45, 2.75) is 43.5 Å². The number of aromatic amines is 1. The summed E-state index contributed by atoms with van der Waals surface area (Å²) in [6, 6.07) is 12.6. The summed E-state index contributed by atoms with van der Waals surface area (Å²) in [6.45, 7) is 1.03. The molecule has 3 fully saturated rings. The standard InChI is InChI=1S/C21H22N4O4/c26-18-8-6-15(22-23-18)7-9-19(27)24-11-10-21-17(24)12-20(28)25(21)16(13-29-21)14-4-2-1-3-5-14/h1-6,8,16-17H,7,9-13H2,(H,23,26)/t16-,17+,21-/m0/s1. The molecule has 1 aromatic heterocycles. The Kier molecular flexibility index (Phi) is 4.24. The van der Waals surface area contributed by atoms with E-state index in [-0.39, 0.29) is 35.9 Å². The molecule has 29 heavy (non-hydrogen) atoms. The summed E-state index contributed by atoms with van der Waals surface area (Å²) in [5.41, 5.74) is 0.755. The van der Waals surface area contributed by atoms with Gasteiger partial charge in [0.1, 0.15) is 0 Å². The number of ether oxygens (including phenoxy) is 1. The lowest BCUT2D eigenvalue weighted by Crippen LogP contribution is -2.49. The Labute approximate surface area is 167 Å². The Morgan fingerprint density at radius 1 is 1.21 bits per heavy atom. The molecule has 5 rings (SSSR count). The summed E-state index contributed by atoms with van der Waals surface area (Å²) in [6.07, 6.45) is 1.65. The highest BCUT2D eigenvalue weighted by molar-refractivity contribution is 5.85. The van der Waals surface area contributed by atoms with Crippen molar-refractivity contribution < 1.29 is 14.3 Å². The molecule has 3 atom stereocenters. The minimum absolute atomic E-state index is 0.0127. The molecular weight excluding hydrogens is 372 g/mol. The summed E-state index contributed by atoms with van der Waals surface area (Å²) in [7, 11) is 0. The third-order valence-corrected chi connectivity index (χ3v) is 6.29. The Morgan fingerprint density at radius 3 is 2.79 bits per heavy atom. The SMILES string of the molecule is O=C(CCc1ccc(=O)[nH]n1)N1CC[C@@]23OC[C@@H](c4ccccc4)N2C(=O)C[C@@H]13. The van der Waals surface area contributed by atoms with Crippen LogP contribution < -0.4 is 5.56 Å². The van der Waals surface area contributed by atoms with Crippen molar-refractivity contribution in [3.63, 3.8) is 0 Å². The van der Waals surface area contributed by atoms with Crippen LogP contribution in [0.15, 0.2) is 47.3 Å². The van der Waals surface area contributed by atoms with Gasteiger partial charge in [0.2, 0.25) is 11.8 Å². The quantitative estimate of drug-likeness (QED) is 0.835. The number of carbonyl (C=O) groups excluding carboxylic acids is 2. The lowest BCUT2D eigenvalue weighted by atomic mass is 10.0. The van der Waals surface area contributed by atoms with E-state index in [1.807, 2.05) is 35.2 Å². The van der Waals surface area contributed by atoms with E-state index in [2.05, 4.69) is 10.2 Å². The van der Waals surface area contributed by atoms with Crippen LogP contribution >= 0.6 is 0 Å². The van der Waals surface area contributed by atoms with Crippen LogP contribution in [0.4, 0.5) is 0 Å². The first-order chi connectivity index (χ1) is 14.1. The van der Waals surface area contributed by atoms with Crippen LogP contribution in [0.3, 0.4) is 0 Å². The predicted octanol–water partition coefficient (Wildman–Crippen LogP) is 1.00. The minimum atomic E-state index is -0.705. The molecule has 0 aliphatic carbocycles. The second-order valence-corrected chi connectivity index (χ2v) is 7.82. The molecule has 8 heteroatoms. The molecule has 150 valence electrons. The van der Waals surface area contributed by atoms with E-state index in [1.54, 1.807) is 11.0 Å². The van der Waals surface area contributed by atoms with E-state index in [4.69, 9.17) is 4.74 Å². The van der Waals surface area contributed by atoms with Crippen LogP contribution in [0.2, 0.25) is 0 Å². The van der Waals surface area contributed by atoms with Crippen molar-refractivity contribution in [3.05, 3.63) is 64.1 Å². The largest absolute Gasteiger partial charge is 0.351 e. The first-order valence-corrected chi connectivity index (χ1v) is 9.94. The number of nitrogens with one attached hydrogen (secondary N) is 1. The summed E-state index contributed by atoms with van der Waals surface area (Å²) in [5.74, 6) is 0.0300. The highest BCUT2D eigenvalue weighted by Gasteiger charge is 2.65. The Bertz CT molecular complexity index is 987. The van der Waals surface area contributed by atoms with Gasteiger partial charge in [-0.25, -0.2) is 5.10 Å². The molecule has 1 spiro atoms. The van der Waals surface area contributed by atoms with Gasteiger partial charge >= 0.3 is 0 Å². The number of carbonyl (C=O) groups is 2. The number of aromatic nitrogens is 2. The number of hydrogen-bond acceptors (Lipinski definition) is 5. The lowest BCUT2D eigenvalue weighted by Gasteiger charge is -2.33. The number of hydrogen-bond donors (Lipinski definition) is 1. The zero-order chi connectivity index (χ0) is 20.0. The average molecular weight is 394 g/mol. The zero-order valence-corrected chi connectivity index (χ0v) is 15.9. The topological polar surface area (TPSA) is 95.6 Å². The van der Waals surface area contributed by atoms with E-state index in [1.165, 1.54) is 6.07 Å². The Hall–Kier alpha value is -3.00. The van der Waals surface area contributed by atoms with Crippen molar-refractivity contribution >= 4 is 11.8 Å². The van der Waals surface area contributed by atoms with Gasteiger partial charge < -0.3 is 14.5 Å². The average Bonchev–Trinajstić information content (AvgIpc) is 3.37. The number of rotatable bonds is 4. The normalized spacial score (nSPS) is 27.9.